The topological polar surface area (TPSA) is 90.6 Å². The van der Waals surface area contributed by atoms with E-state index < -0.39 is 12.0 Å². The monoisotopic (exact) mass is 418 g/mol. The molecule has 2 heterocycles. The lowest BCUT2D eigenvalue weighted by molar-refractivity contribution is -0.128. The molecule has 2 aromatic heterocycles. The third-order valence-corrected chi connectivity index (χ3v) is 7.62. The van der Waals surface area contributed by atoms with E-state index in [-0.39, 0.29) is 12.0 Å². The minimum absolute atomic E-state index is 0.192. The summed E-state index contributed by atoms with van der Waals surface area (Å²) in [5, 5.41) is 1.03. The number of rotatable bonds is 7. The predicted octanol–water partition coefficient (Wildman–Crippen LogP) is 2.86. The Kier molecular flexibility index (Phi) is 6.03. The highest BCUT2D eigenvalue weighted by molar-refractivity contribution is 7.19. The van der Waals surface area contributed by atoms with E-state index in [0.29, 0.717) is 18.3 Å². The number of methoxy groups -OCH3 is 1. The predicted molar refractivity (Wildman–Crippen MR) is 113 cm³/mol. The molecule has 0 aliphatic heterocycles. The number of ether oxygens (including phenoxy) is 2. The third kappa shape index (κ3) is 4.11. The van der Waals surface area contributed by atoms with Crippen molar-refractivity contribution in [2.45, 2.75) is 69.1 Å². The second-order valence-corrected chi connectivity index (χ2v) is 9.49. The average Bonchev–Trinajstić information content (AvgIpc) is 3.26. The molecule has 0 bridgehead atoms. The Labute approximate surface area is 175 Å². The van der Waals surface area contributed by atoms with Gasteiger partial charge in [0, 0.05) is 18.0 Å². The van der Waals surface area contributed by atoms with Crippen molar-refractivity contribution in [3.05, 3.63) is 16.8 Å². The zero-order chi connectivity index (χ0) is 20.5. The van der Waals surface area contributed by atoms with Crippen LogP contribution in [0.2, 0.25) is 0 Å². The van der Waals surface area contributed by atoms with Crippen LogP contribution >= 0.6 is 11.3 Å². The van der Waals surface area contributed by atoms with E-state index in [9.17, 15) is 4.79 Å². The first-order chi connectivity index (χ1) is 14.0. The van der Waals surface area contributed by atoms with Gasteiger partial charge in [0.25, 0.3) is 0 Å². The number of fused-ring (bicyclic) bond motifs is 3. The third-order valence-electron chi connectivity index (χ3n) is 6.45. The summed E-state index contributed by atoms with van der Waals surface area (Å²) in [5.74, 6) is 0.501. The molecule has 1 fully saturated rings. The normalized spacial score (nSPS) is 25.3. The molecule has 8 heteroatoms. The summed E-state index contributed by atoms with van der Waals surface area (Å²) >= 11 is 1.72. The molecule has 2 N–H and O–H groups in total. The summed E-state index contributed by atoms with van der Waals surface area (Å²) in [4.78, 5) is 25.3. The van der Waals surface area contributed by atoms with E-state index in [1.54, 1.807) is 24.8 Å². The Bertz CT molecular complexity index is 876. The zero-order valence-corrected chi connectivity index (χ0v) is 18.2. The molecule has 0 unspecified atom stereocenters. The summed E-state index contributed by atoms with van der Waals surface area (Å²) in [5.41, 5.74) is 6.75. The van der Waals surface area contributed by atoms with E-state index >= 15 is 0 Å². The lowest BCUT2D eigenvalue weighted by Gasteiger charge is -2.32. The standard InChI is InChI=1S/C21H30N4O3S/c1-25(2)13-5-7-14(8-6-13)28-20-18-17-12(10-15(27-3)19(22)26)4-9-16(17)29-21(18)24-11-23-20/h11-15H,4-10H2,1-3H3,(H2,22,26)/t12-,13-,14-,15+/m1/s1. The van der Waals surface area contributed by atoms with Crippen LogP contribution in [0.5, 0.6) is 5.88 Å². The second kappa shape index (κ2) is 8.53. The fraction of sp³-hybridized carbons (Fsp3) is 0.667. The van der Waals surface area contributed by atoms with Crippen LogP contribution in [0.25, 0.3) is 10.2 Å². The highest BCUT2D eigenvalue weighted by Crippen LogP contribution is 2.48. The van der Waals surface area contributed by atoms with Gasteiger partial charge in [-0.3, -0.25) is 4.79 Å². The fourth-order valence-corrected chi connectivity index (χ4v) is 6.02. The smallest absolute Gasteiger partial charge is 0.246 e. The minimum atomic E-state index is -0.573. The molecule has 4 rings (SSSR count). The number of nitrogens with zero attached hydrogens (tertiary/aromatic N) is 3. The lowest BCUT2D eigenvalue weighted by Crippen LogP contribution is -2.35. The molecule has 2 aromatic rings. The van der Waals surface area contributed by atoms with Gasteiger partial charge in [-0.05, 0) is 70.5 Å². The number of primary amides is 1. The summed E-state index contributed by atoms with van der Waals surface area (Å²) in [6.07, 6.45) is 8.16. The molecule has 0 saturated heterocycles. The Balaban J connectivity index is 1.58. The first-order valence-electron chi connectivity index (χ1n) is 10.4. The lowest BCUT2D eigenvalue weighted by atomic mass is 9.92. The quantitative estimate of drug-likeness (QED) is 0.744. The summed E-state index contributed by atoms with van der Waals surface area (Å²) in [6, 6.07) is 0.634. The molecule has 0 spiro atoms. The molecule has 7 nitrogen and oxygen atoms in total. The number of amides is 1. The number of aromatic nitrogens is 2. The van der Waals surface area contributed by atoms with Crippen molar-refractivity contribution in [1.82, 2.24) is 14.9 Å². The molecule has 2 atom stereocenters. The number of carbonyl (C=O) groups is 1. The van der Waals surface area contributed by atoms with Crippen LogP contribution < -0.4 is 10.5 Å². The van der Waals surface area contributed by atoms with Gasteiger partial charge < -0.3 is 20.1 Å². The maximum atomic E-state index is 11.7. The van der Waals surface area contributed by atoms with Crippen molar-refractivity contribution in [3.63, 3.8) is 0 Å². The highest BCUT2D eigenvalue weighted by atomic mass is 32.1. The summed E-state index contributed by atoms with van der Waals surface area (Å²) in [7, 11) is 5.83. The van der Waals surface area contributed by atoms with Crippen LogP contribution in [-0.4, -0.2) is 60.2 Å². The van der Waals surface area contributed by atoms with Crippen LogP contribution in [0, 0.1) is 0 Å². The SMILES string of the molecule is CO[C@@H](C[C@H]1CCc2sc3ncnc(O[C@H]4CC[C@H](N(C)C)CC4)c3c21)C(N)=O. The van der Waals surface area contributed by atoms with Crippen molar-refractivity contribution in [2.75, 3.05) is 21.2 Å². The van der Waals surface area contributed by atoms with E-state index in [2.05, 4.69) is 29.0 Å². The highest BCUT2D eigenvalue weighted by Gasteiger charge is 2.34. The Morgan fingerprint density at radius 2 is 2.03 bits per heavy atom. The average molecular weight is 419 g/mol. The number of hydrogen-bond acceptors (Lipinski definition) is 7. The van der Waals surface area contributed by atoms with E-state index in [4.69, 9.17) is 15.2 Å². The second-order valence-electron chi connectivity index (χ2n) is 8.41. The zero-order valence-electron chi connectivity index (χ0n) is 17.4. The molecular formula is C21H30N4O3S. The number of aryl methyl sites for hydroxylation is 1. The molecule has 2 aliphatic rings. The van der Waals surface area contributed by atoms with Crippen LogP contribution in [0.15, 0.2) is 6.33 Å². The Hall–Kier alpha value is -1.77. The molecule has 0 aromatic carbocycles. The molecule has 29 heavy (non-hydrogen) atoms. The fourth-order valence-electron chi connectivity index (χ4n) is 4.79. The van der Waals surface area contributed by atoms with Crippen LogP contribution in [0.3, 0.4) is 0 Å². The van der Waals surface area contributed by atoms with Crippen LogP contribution in [0.1, 0.15) is 54.9 Å². The van der Waals surface area contributed by atoms with Crippen molar-refractivity contribution < 1.29 is 14.3 Å². The largest absolute Gasteiger partial charge is 0.474 e. The van der Waals surface area contributed by atoms with Crippen molar-refractivity contribution in [2.24, 2.45) is 5.73 Å². The molecule has 2 aliphatic carbocycles. The van der Waals surface area contributed by atoms with Gasteiger partial charge in [-0.15, -0.1) is 11.3 Å². The number of thiophene rings is 1. The minimum Gasteiger partial charge on any atom is -0.474 e. The molecule has 0 radical (unpaired) electrons. The maximum Gasteiger partial charge on any atom is 0.246 e. The van der Waals surface area contributed by atoms with E-state index in [1.165, 1.54) is 10.4 Å². The number of nitrogens with two attached hydrogens (primary N) is 1. The van der Waals surface area contributed by atoms with Gasteiger partial charge in [0.1, 0.15) is 23.4 Å². The van der Waals surface area contributed by atoms with Crippen LogP contribution in [0.4, 0.5) is 0 Å². The van der Waals surface area contributed by atoms with Gasteiger partial charge >= 0.3 is 0 Å². The Morgan fingerprint density at radius 1 is 1.28 bits per heavy atom. The van der Waals surface area contributed by atoms with Crippen molar-refractivity contribution in [3.8, 4) is 5.88 Å². The summed E-state index contributed by atoms with van der Waals surface area (Å²) < 4.78 is 11.7. The van der Waals surface area contributed by atoms with Crippen LogP contribution in [-0.2, 0) is 16.0 Å². The van der Waals surface area contributed by atoms with Gasteiger partial charge in [-0.1, -0.05) is 0 Å². The van der Waals surface area contributed by atoms with Gasteiger partial charge in [-0.2, -0.15) is 0 Å². The van der Waals surface area contributed by atoms with Gasteiger partial charge in [-0.25, -0.2) is 9.97 Å². The van der Waals surface area contributed by atoms with Crippen molar-refractivity contribution >= 4 is 27.5 Å². The van der Waals surface area contributed by atoms with Crippen molar-refractivity contribution in [1.29, 1.82) is 0 Å². The molecular weight excluding hydrogens is 388 g/mol. The maximum absolute atomic E-state index is 11.7. The molecule has 1 saturated carbocycles. The summed E-state index contributed by atoms with van der Waals surface area (Å²) in [6.45, 7) is 0. The molecule has 158 valence electrons. The van der Waals surface area contributed by atoms with Gasteiger partial charge in [0.05, 0.1) is 5.39 Å². The molecule has 1 amide bonds. The first kappa shape index (κ1) is 20.5. The Morgan fingerprint density at radius 3 is 2.69 bits per heavy atom. The van der Waals surface area contributed by atoms with E-state index in [0.717, 1.165) is 48.7 Å². The van der Waals surface area contributed by atoms with Gasteiger partial charge in [0.15, 0.2) is 0 Å². The van der Waals surface area contributed by atoms with E-state index in [1.807, 2.05) is 0 Å². The number of hydrogen-bond donors (Lipinski definition) is 1. The number of carbonyl (C=O) groups excluding carboxylic acids is 1. The first-order valence-corrected chi connectivity index (χ1v) is 11.2. The van der Waals surface area contributed by atoms with Gasteiger partial charge in [0.2, 0.25) is 11.8 Å².